The van der Waals surface area contributed by atoms with Gasteiger partial charge in [-0.15, -0.1) is 0 Å². The first kappa shape index (κ1) is 17.1. The van der Waals surface area contributed by atoms with Gasteiger partial charge in [-0.05, 0) is 40.4 Å². The van der Waals surface area contributed by atoms with Gasteiger partial charge >= 0.3 is 0 Å². The third-order valence-corrected chi connectivity index (χ3v) is 4.36. The van der Waals surface area contributed by atoms with Crippen LogP contribution in [0.2, 0.25) is 0 Å². The molecule has 0 radical (unpaired) electrons. The summed E-state index contributed by atoms with van der Waals surface area (Å²) < 4.78 is 0.470. The topological polar surface area (TPSA) is 75.4 Å². The molecule has 20 heavy (non-hydrogen) atoms. The highest BCUT2D eigenvalue weighted by molar-refractivity contribution is 9.10. The van der Waals surface area contributed by atoms with Crippen molar-refractivity contribution in [3.05, 3.63) is 38.3 Å². The Balaban J connectivity index is 2.63. The van der Waals surface area contributed by atoms with Gasteiger partial charge in [0, 0.05) is 19.2 Å². The lowest BCUT2D eigenvalue weighted by molar-refractivity contribution is -0.385. The summed E-state index contributed by atoms with van der Waals surface area (Å²) in [5.41, 5.74) is 0.0913. The van der Waals surface area contributed by atoms with Crippen molar-refractivity contribution in [3.8, 4) is 0 Å². The van der Waals surface area contributed by atoms with Gasteiger partial charge in [0.15, 0.2) is 0 Å². The van der Waals surface area contributed by atoms with Gasteiger partial charge in [0.2, 0.25) is 0 Å². The number of hydrogen-bond acceptors (Lipinski definition) is 4. The fraction of sp³-hybridized carbons (Fsp3) is 0.571. The summed E-state index contributed by atoms with van der Waals surface area (Å²) in [5.74, 6) is 0.189. The molecule has 1 aromatic rings. The van der Waals surface area contributed by atoms with Crippen molar-refractivity contribution >= 4 is 21.6 Å². The number of nitro benzene ring substituents is 1. The van der Waals surface area contributed by atoms with Gasteiger partial charge in [0.05, 0.1) is 15.0 Å². The van der Waals surface area contributed by atoms with Crippen molar-refractivity contribution in [1.82, 2.24) is 5.32 Å². The molecule has 0 saturated heterocycles. The Labute approximate surface area is 127 Å². The highest BCUT2D eigenvalue weighted by Crippen LogP contribution is 2.25. The van der Waals surface area contributed by atoms with Crippen LogP contribution in [0.3, 0.4) is 0 Å². The van der Waals surface area contributed by atoms with E-state index in [1.807, 2.05) is 19.9 Å². The number of benzene rings is 1. The lowest BCUT2D eigenvalue weighted by Crippen LogP contribution is -2.42. The molecular weight excluding hydrogens is 324 g/mol. The van der Waals surface area contributed by atoms with Crippen molar-refractivity contribution in [1.29, 1.82) is 0 Å². The normalized spacial score (nSPS) is 15.7. The molecule has 0 fully saturated rings. The quantitative estimate of drug-likeness (QED) is 0.588. The van der Waals surface area contributed by atoms with Gasteiger partial charge in [-0.1, -0.05) is 26.3 Å². The molecule has 0 spiro atoms. The van der Waals surface area contributed by atoms with Gasteiger partial charge in [-0.2, -0.15) is 0 Å². The smallest absolute Gasteiger partial charge is 0.283 e. The highest BCUT2D eigenvalue weighted by atomic mass is 79.9. The van der Waals surface area contributed by atoms with E-state index in [4.69, 9.17) is 0 Å². The van der Waals surface area contributed by atoms with E-state index in [1.54, 1.807) is 13.0 Å². The fourth-order valence-electron chi connectivity index (χ4n) is 1.88. The summed E-state index contributed by atoms with van der Waals surface area (Å²) in [4.78, 5) is 10.4. The number of rotatable bonds is 7. The summed E-state index contributed by atoms with van der Waals surface area (Å²) in [6, 6.07) is 5.03. The minimum Gasteiger partial charge on any atom is -0.389 e. The second-order valence-corrected chi connectivity index (χ2v) is 6.17. The summed E-state index contributed by atoms with van der Waals surface area (Å²) >= 11 is 3.16. The molecule has 5 nitrogen and oxygen atoms in total. The number of hydrogen-bond donors (Lipinski definition) is 2. The van der Waals surface area contributed by atoms with Crippen molar-refractivity contribution in [3.63, 3.8) is 0 Å². The molecule has 2 N–H and O–H groups in total. The largest absolute Gasteiger partial charge is 0.389 e. The van der Waals surface area contributed by atoms with Gasteiger partial charge in [-0.25, -0.2) is 0 Å². The first-order chi connectivity index (χ1) is 9.27. The zero-order valence-electron chi connectivity index (χ0n) is 12.0. The highest BCUT2D eigenvalue weighted by Gasteiger charge is 2.26. The van der Waals surface area contributed by atoms with E-state index < -0.39 is 10.5 Å². The minimum atomic E-state index is -0.782. The van der Waals surface area contributed by atoms with Crippen LogP contribution >= 0.6 is 15.9 Å². The molecule has 0 amide bonds. The number of nitrogens with one attached hydrogen (secondary N) is 1. The Morgan fingerprint density at radius 2 is 2.20 bits per heavy atom. The minimum absolute atomic E-state index is 0.0537. The molecule has 0 bridgehead atoms. The van der Waals surface area contributed by atoms with Crippen LogP contribution in [-0.2, 0) is 6.54 Å². The average Bonchev–Trinajstić information content (AvgIpc) is 2.39. The number of nitrogens with zero attached hydrogens (tertiary/aromatic N) is 1. The monoisotopic (exact) mass is 344 g/mol. The van der Waals surface area contributed by atoms with E-state index in [-0.39, 0.29) is 11.6 Å². The van der Waals surface area contributed by atoms with Crippen molar-refractivity contribution in [2.24, 2.45) is 5.92 Å². The van der Waals surface area contributed by atoms with E-state index in [0.717, 1.165) is 12.0 Å². The maximum atomic E-state index is 10.9. The van der Waals surface area contributed by atoms with Crippen LogP contribution in [0.4, 0.5) is 5.69 Å². The number of nitro groups is 1. The number of aliphatic hydroxyl groups is 1. The summed E-state index contributed by atoms with van der Waals surface area (Å²) in [6.07, 6.45) is 0.901. The Bertz CT molecular complexity index is 477. The first-order valence-electron chi connectivity index (χ1n) is 6.63. The van der Waals surface area contributed by atoms with E-state index in [9.17, 15) is 15.2 Å². The number of halogens is 1. The molecule has 1 aromatic carbocycles. The molecule has 0 aromatic heterocycles. The summed E-state index contributed by atoms with van der Waals surface area (Å²) in [6.45, 7) is 6.79. The molecule has 0 heterocycles. The SMILES string of the molecule is CCC(C)C(C)(O)CNCc1ccc(Br)c([N+](=O)[O-])c1. The molecule has 0 aliphatic heterocycles. The Morgan fingerprint density at radius 3 is 2.75 bits per heavy atom. The maximum absolute atomic E-state index is 10.9. The van der Waals surface area contributed by atoms with Crippen molar-refractivity contribution < 1.29 is 10.0 Å². The standard InChI is InChI=1S/C14H21BrN2O3/c1-4-10(2)14(3,18)9-16-8-11-5-6-12(15)13(7-11)17(19)20/h5-7,10,16,18H,4,8-9H2,1-3H3. The van der Waals surface area contributed by atoms with Crippen LogP contribution < -0.4 is 5.32 Å². The molecule has 0 aliphatic rings. The third kappa shape index (κ3) is 4.54. The second-order valence-electron chi connectivity index (χ2n) is 5.31. The van der Waals surface area contributed by atoms with Gasteiger partial charge < -0.3 is 10.4 Å². The first-order valence-corrected chi connectivity index (χ1v) is 7.43. The van der Waals surface area contributed by atoms with Crippen LogP contribution in [0, 0.1) is 16.0 Å². The Morgan fingerprint density at radius 1 is 1.55 bits per heavy atom. The van der Waals surface area contributed by atoms with Gasteiger partial charge in [0.1, 0.15) is 0 Å². The van der Waals surface area contributed by atoms with Crippen molar-refractivity contribution in [2.75, 3.05) is 6.54 Å². The van der Waals surface area contributed by atoms with Gasteiger partial charge in [-0.3, -0.25) is 10.1 Å². The predicted octanol–water partition coefficient (Wildman–Crippen LogP) is 3.24. The second kappa shape index (κ2) is 7.15. The Kier molecular flexibility index (Phi) is 6.10. The molecule has 2 atom stereocenters. The predicted molar refractivity (Wildman–Crippen MR) is 82.6 cm³/mol. The van der Waals surface area contributed by atoms with E-state index >= 15 is 0 Å². The molecule has 112 valence electrons. The van der Waals surface area contributed by atoms with Crippen LogP contribution in [0.15, 0.2) is 22.7 Å². The van der Waals surface area contributed by atoms with Crippen LogP contribution in [0.5, 0.6) is 0 Å². The molecule has 1 rings (SSSR count). The summed E-state index contributed by atoms with van der Waals surface area (Å²) in [5, 5.41) is 24.3. The zero-order chi connectivity index (χ0) is 15.3. The van der Waals surface area contributed by atoms with Crippen molar-refractivity contribution in [2.45, 2.75) is 39.3 Å². The maximum Gasteiger partial charge on any atom is 0.283 e. The third-order valence-electron chi connectivity index (χ3n) is 3.69. The van der Waals surface area contributed by atoms with E-state index in [0.29, 0.717) is 17.6 Å². The van der Waals surface area contributed by atoms with Crippen LogP contribution in [0.1, 0.15) is 32.8 Å². The van der Waals surface area contributed by atoms with E-state index in [2.05, 4.69) is 21.2 Å². The summed E-state index contributed by atoms with van der Waals surface area (Å²) in [7, 11) is 0. The lowest BCUT2D eigenvalue weighted by atomic mass is 9.88. The molecule has 6 heteroatoms. The van der Waals surface area contributed by atoms with E-state index in [1.165, 1.54) is 6.07 Å². The molecular formula is C14H21BrN2O3. The molecule has 2 unspecified atom stereocenters. The zero-order valence-corrected chi connectivity index (χ0v) is 13.6. The fourth-order valence-corrected chi connectivity index (χ4v) is 2.27. The van der Waals surface area contributed by atoms with Gasteiger partial charge in [0.25, 0.3) is 5.69 Å². The molecule has 0 saturated carbocycles. The molecule has 0 aliphatic carbocycles. The average molecular weight is 345 g/mol. The van der Waals surface area contributed by atoms with Crippen LogP contribution in [-0.4, -0.2) is 22.2 Å². The van der Waals surface area contributed by atoms with Crippen LogP contribution in [0.25, 0.3) is 0 Å². The lowest BCUT2D eigenvalue weighted by Gasteiger charge is -2.30. The Hall–Kier alpha value is -0.980.